The van der Waals surface area contributed by atoms with Gasteiger partial charge in [0, 0.05) is 6.54 Å². The predicted octanol–water partition coefficient (Wildman–Crippen LogP) is 2.81. The summed E-state index contributed by atoms with van der Waals surface area (Å²) in [5.74, 6) is 0.747. The Labute approximate surface area is 95.8 Å². The van der Waals surface area contributed by atoms with Crippen molar-refractivity contribution in [3.05, 3.63) is 29.1 Å². The number of furan rings is 1. The zero-order valence-corrected chi connectivity index (χ0v) is 9.87. The van der Waals surface area contributed by atoms with E-state index in [1.807, 2.05) is 13.0 Å². The molecule has 0 atom stereocenters. The highest BCUT2D eigenvalue weighted by Gasteiger charge is 2.14. The zero-order chi connectivity index (χ0) is 10.7. The second-order valence-electron chi connectivity index (χ2n) is 3.02. The summed E-state index contributed by atoms with van der Waals surface area (Å²) < 4.78 is 11.2. The lowest BCUT2D eigenvalue weighted by Gasteiger charge is -1.99. The standard InChI is InChI=1S/C10H11BrN2O2/c1-2-12-5-8-9(15-6-13-8)7-3-4-14-10(7)11/h3-4,6,12H,2,5H2,1H3. The molecule has 0 unspecified atom stereocenters. The maximum atomic E-state index is 5.35. The van der Waals surface area contributed by atoms with Gasteiger partial charge in [-0.05, 0) is 28.5 Å². The molecule has 0 aliphatic heterocycles. The Kier molecular flexibility index (Phi) is 3.23. The van der Waals surface area contributed by atoms with Gasteiger partial charge in [0.25, 0.3) is 0 Å². The topological polar surface area (TPSA) is 51.2 Å². The van der Waals surface area contributed by atoms with Crippen molar-refractivity contribution >= 4 is 15.9 Å². The van der Waals surface area contributed by atoms with E-state index in [1.165, 1.54) is 6.39 Å². The Morgan fingerprint density at radius 1 is 1.47 bits per heavy atom. The van der Waals surface area contributed by atoms with Crippen LogP contribution in [0.3, 0.4) is 0 Å². The van der Waals surface area contributed by atoms with Crippen LogP contribution in [-0.2, 0) is 6.54 Å². The molecule has 0 aliphatic carbocycles. The Balaban J connectivity index is 2.29. The summed E-state index contributed by atoms with van der Waals surface area (Å²) in [7, 11) is 0. The maximum Gasteiger partial charge on any atom is 0.181 e. The molecule has 0 saturated carbocycles. The molecule has 1 N–H and O–H groups in total. The normalized spacial score (nSPS) is 10.8. The third-order valence-electron chi connectivity index (χ3n) is 2.05. The molecule has 2 heterocycles. The average molecular weight is 271 g/mol. The molecule has 0 radical (unpaired) electrons. The molecule has 0 fully saturated rings. The van der Waals surface area contributed by atoms with Crippen molar-refractivity contribution in [2.24, 2.45) is 0 Å². The number of halogens is 1. The van der Waals surface area contributed by atoms with Crippen molar-refractivity contribution in [1.82, 2.24) is 10.3 Å². The van der Waals surface area contributed by atoms with Crippen molar-refractivity contribution in [3.63, 3.8) is 0 Å². The van der Waals surface area contributed by atoms with Crippen molar-refractivity contribution in [2.45, 2.75) is 13.5 Å². The third-order valence-corrected chi connectivity index (χ3v) is 2.66. The van der Waals surface area contributed by atoms with Gasteiger partial charge in [-0.1, -0.05) is 6.92 Å². The minimum absolute atomic E-state index is 0.664. The molecule has 0 aromatic carbocycles. The van der Waals surface area contributed by atoms with E-state index in [2.05, 4.69) is 26.2 Å². The predicted molar refractivity (Wildman–Crippen MR) is 59.3 cm³/mol. The summed E-state index contributed by atoms with van der Waals surface area (Å²) in [5.41, 5.74) is 1.78. The van der Waals surface area contributed by atoms with Crippen LogP contribution in [-0.4, -0.2) is 11.5 Å². The van der Waals surface area contributed by atoms with Crippen LogP contribution >= 0.6 is 15.9 Å². The molecule has 80 valence electrons. The van der Waals surface area contributed by atoms with E-state index in [0.717, 1.165) is 23.6 Å². The van der Waals surface area contributed by atoms with Crippen LogP contribution in [0.15, 0.2) is 32.2 Å². The van der Waals surface area contributed by atoms with Gasteiger partial charge in [0.15, 0.2) is 16.8 Å². The molecule has 5 heteroatoms. The lowest BCUT2D eigenvalue weighted by atomic mass is 10.2. The van der Waals surface area contributed by atoms with E-state index in [1.54, 1.807) is 6.26 Å². The SMILES string of the molecule is CCNCc1ncoc1-c1ccoc1Br. The van der Waals surface area contributed by atoms with Gasteiger partial charge in [-0.25, -0.2) is 4.98 Å². The molecule has 0 amide bonds. The summed E-state index contributed by atoms with van der Waals surface area (Å²) in [6.45, 7) is 3.65. The number of oxazole rings is 1. The molecular formula is C10H11BrN2O2. The van der Waals surface area contributed by atoms with Crippen molar-refractivity contribution in [1.29, 1.82) is 0 Å². The van der Waals surface area contributed by atoms with Gasteiger partial charge in [-0.2, -0.15) is 0 Å². The van der Waals surface area contributed by atoms with Crippen LogP contribution in [0.1, 0.15) is 12.6 Å². The third kappa shape index (κ3) is 2.13. The van der Waals surface area contributed by atoms with Gasteiger partial charge >= 0.3 is 0 Å². The molecular weight excluding hydrogens is 260 g/mol. The molecule has 2 aromatic heterocycles. The highest BCUT2D eigenvalue weighted by atomic mass is 79.9. The summed E-state index contributed by atoms with van der Waals surface area (Å²) >= 11 is 3.32. The fourth-order valence-corrected chi connectivity index (χ4v) is 1.73. The fourth-order valence-electron chi connectivity index (χ4n) is 1.31. The van der Waals surface area contributed by atoms with Gasteiger partial charge in [0.2, 0.25) is 0 Å². The number of rotatable bonds is 4. The Morgan fingerprint density at radius 3 is 3.00 bits per heavy atom. The number of nitrogens with one attached hydrogen (secondary N) is 1. The van der Waals surface area contributed by atoms with Crippen molar-refractivity contribution < 1.29 is 8.83 Å². The zero-order valence-electron chi connectivity index (χ0n) is 8.29. The molecule has 0 aliphatic rings. The van der Waals surface area contributed by atoms with E-state index in [-0.39, 0.29) is 0 Å². The quantitative estimate of drug-likeness (QED) is 0.928. The molecule has 2 aromatic rings. The summed E-state index contributed by atoms with van der Waals surface area (Å²) in [4.78, 5) is 4.16. The summed E-state index contributed by atoms with van der Waals surface area (Å²) in [5, 5.41) is 3.20. The first kappa shape index (κ1) is 10.4. The largest absolute Gasteiger partial charge is 0.457 e. The van der Waals surface area contributed by atoms with Crippen LogP contribution in [0.2, 0.25) is 0 Å². The van der Waals surface area contributed by atoms with Crippen LogP contribution in [0.25, 0.3) is 11.3 Å². The van der Waals surface area contributed by atoms with Gasteiger partial charge < -0.3 is 14.2 Å². The molecule has 0 saturated heterocycles. The lowest BCUT2D eigenvalue weighted by molar-refractivity contribution is 0.535. The lowest BCUT2D eigenvalue weighted by Crippen LogP contribution is -2.12. The van der Waals surface area contributed by atoms with Gasteiger partial charge in [0.05, 0.1) is 11.8 Å². The smallest absolute Gasteiger partial charge is 0.181 e. The molecule has 15 heavy (non-hydrogen) atoms. The summed E-state index contributed by atoms with van der Waals surface area (Å²) in [6.07, 6.45) is 3.06. The maximum absolute atomic E-state index is 5.35. The number of hydrogen-bond acceptors (Lipinski definition) is 4. The Hall–Kier alpha value is -1.07. The summed E-state index contributed by atoms with van der Waals surface area (Å²) in [6, 6.07) is 1.85. The minimum Gasteiger partial charge on any atom is -0.457 e. The first-order valence-electron chi connectivity index (χ1n) is 4.69. The van der Waals surface area contributed by atoms with Crippen molar-refractivity contribution in [3.8, 4) is 11.3 Å². The van der Waals surface area contributed by atoms with E-state index in [0.29, 0.717) is 11.2 Å². The first-order chi connectivity index (χ1) is 7.33. The monoisotopic (exact) mass is 270 g/mol. The fraction of sp³-hybridized carbons (Fsp3) is 0.300. The Bertz CT molecular complexity index is 436. The molecule has 4 nitrogen and oxygen atoms in total. The molecule has 0 spiro atoms. The first-order valence-corrected chi connectivity index (χ1v) is 5.48. The van der Waals surface area contributed by atoms with E-state index < -0.39 is 0 Å². The van der Waals surface area contributed by atoms with Gasteiger partial charge in [-0.15, -0.1) is 0 Å². The van der Waals surface area contributed by atoms with Crippen LogP contribution in [0.5, 0.6) is 0 Å². The van der Waals surface area contributed by atoms with Crippen molar-refractivity contribution in [2.75, 3.05) is 6.54 Å². The van der Waals surface area contributed by atoms with Crippen LogP contribution < -0.4 is 5.32 Å². The van der Waals surface area contributed by atoms with E-state index >= 15 is 0 Å². The van der Waals surface area contributed by atoms with E-state index in [4.69, 9.17) is 8.83 Å². The highest BCUT2D eigenvalue weighted by molar-refractivity contribution is 9.10. The van der Waals surface area contributed by atoms with Crippen LogP contribution in [0.4, 0.5) is 0 Å². The molecule has 2 rings (SSSR count). The second-order valence-corrected chi connectivity index (χ2v) is 3.74. The average Bonchev–Trinajstić information content (AvgIpc) is 2.82. The van der Waals surface area contributed by atoms with Gasteiger partial charge in [-0.3, -0.25) is 0 Å². The highest BCUT2D eigenvalue weighted by Crippen LogP contribution is 2.31. The Morgan fingerprint density at radius 2 is 2.33 bits per heavy atom. The second kappa shape index (κ2) is 4.63. The number of aromatic nitrogens is 1. The van der Waals surface area contributed by atoms with E-state index in [9.17, 15) is 0 Å². The molecule has 0 bridgehead atoms. The minimum atomic E-state index is 0.664. The van der Waals surface area contributed by atoms with Crippen LogP contribution in [0, 0.1) is 0 Å². The van der Waals surface area contributed by atoms with Gasteiger partial charge in [0.1, 0.15) is 5.69 Å². The number of hydrogen-bond donors (Lipinski definition) is 1. The number of nitrogens with zero attached hydrogens (tertiary/aromatic N) is 1.